The van der Waals surface area contributed by atoms with Crippen molar-refractivity contribution in [2.24, 2.45) is 0 Å². The van der Waals surface area contributed by atoms with Crippen molar-refractivity contribution in [3.8, 4) is 0 Å². The predicted octanol–water partition coefficient (Wildman–Crippen LogP) is 1.20. The van der Waals surface area contributed by atoms with E-state index in [0.717, 1.165) is 13.0 Å². The van der Waals surface area contributed by atoms with Crippen molar-refractivity contribution >= 4 is 0 Å². The maximum absolute atomic E-state index is 4.44. The maximum Gasteiger partial charge on any atom is 0.0700 e. The molecule has 5 heavy (non-hydrogen) atoms. The van der Waals surface area contributed by atoms with E-state index in [4.69, 9.17) is 0 Å². The van der Waals surface area contributed by atoms with E-state index >= 15 is 0 Å². The van der Waals surface area contributed by atoms with Gasteiger partial charge in [-0.05, 0) is 6.42 Å². The summed E-state index contributed by atoms with van der Waals surface area (Å²) in [5.41, 5.74) is 0. The Hall–Kier alpha value is -0.0400. The average molecular weight is 73.1 g/mol. The van der Waals surface area contributed by atoms with Crippen LogP contribution < -0.4 is 0 Å². The van der Waals surface area contributed by atoms with Crippen LogP contribution in [0.15, 0.2) is 0 Å². The van der Waals surface area contributed by atoms with Gasteiger partial charge in [0.1, 0.15) is 0 Å². The Balaban J connectivity index is 2.19. The number of hydrogen-bond donors (Lipinski definition) is 0. The molecule has 1 nitrogen and oxygen atoms in total. The molecule has 0 unspecified atom stereocenters. The molecule has 0 aromatic heterocycles. The number of rotatable bonds is 2. The van der Waals surface area contributed by atoms with Gasteiger partial charge >= 0.3 is 0 Å². The lowest BCUT2D eigenvalue weighted by atomic mass is 10.5. The molecule has 0 amide bonds. The SMILES string of the molecule is [CH2]OCCC. The standard InChI is InChI=1S/C4H9O/c1-3-4-5-2/h2-4H2,1H3. The van der Waals surface area contributed by atoms with Crippen molar-refractivity contribution in [3.05, 3.63) is 7.11 Å². The second-order valence-corrected chi connectivity index (χ2v) is 0.908. The fraction of sp³-hybridized carbons (Fsp3) is 0.750. The van der Waals surface area contributed by atoms with Gasteiger partial charge in [-0.2, -0.15) is 0 Å². The molecule has 0 heterocycles. The monoisotopic (exact) mass is 73.1 g/mol. The van der Waals surface area contributed by atoms with Crippen molar-refractivity contribution in [1.29, 1.82) is 0 Å². The summed E-state index contributed by atoms with van der Waals surface area (Å²) in [4.78, 5) is 0. The zero-order chi connectivity index (χ0) is 4.12. The first-order valence-corrected chi connectivity index (χ1v) is 1.78. The highest BCUT2D eigenvalue weighted by Crippen LogP contribution is 1.72. The Bertz CT molecular complexity index is 11.1. The topological polar surface area (TPSA) is 9.23 Å². The summed E-state index contributed by atoms with van der Waals surface area (Å²) in [6, 6.07) is 0. The van der Waals surface area contributed by atoms with E-state index in [0.29, 0.717) is 0 Å². The van der Waals surface area contributed by atoms with Crippen LogP contribution in [0.5, 0.6) is 0 Å². The van der Waals surface area contributed by atoms with Gasteiger partial charge in [0.2, 0.25) is 0 Å². The van der Waals surface area contributed by atoms with Gasteiger partial charge in [-0.15, -0.1) is 0 Å². The van der Waals surface area contributed by atoms with Crippen LogP contribution >= 0.6 is 0 Å². The highest BCUT2D eigenvalue weighted by atomic mass is 16.5. The van der Waals surface area contributed by atoms with Gasteiger partial charge in [0.05, 0.1) is 7.11 Å². The third-order valence-corrected chi connectivity index (χ3v) is 0.348. The normalized spacial score (nSPS) is 8.40. The molecule has 0 aromatic rings. The summed E-state index contributed by atoms with van der Waals surface area (Å²) in [5, 5.41) is 0. The quantitative estimate of drug-likeness (QED) is 0.477. The van der Waals surface area contributed by atoms with E-state index in [2.05, 4.69) is 11.8 Å². The number of ether oxygens (including phenoxy) is 1. The van der Waals surface area contributed by atoms with Crippen molar-refractivity contribution in [2.75, 3.05) is 6.61 Å². The minimum atomic E-state index is 0.778. The summed E-state index contributed by atoms with van der Waals surface area (Å²) in [6.45, 7) is 2.82. The molecule has 0 aliphatic carbocycles. The zero-order valence-electron chi connectivity index (χ0n) is 3.53. The molecule has 31 valence electrons. The molecule has 0 spiro atoms. The molecule has 0 bridgehead atoms. The molecule has 0 atom stereocenters. The van der Waals surface area contributed by atoms with E-state index in [1.807, 2.05) is 6.92 Å². The smallest absolute Gasteiger partial charge is 0.0700 e. The number of hydrogen-bond acceptors (Lipinski definition) is 1. The lowest BCUT2D eigenvalue weighted by Gasteiger charge is -1.83. The molecule has 0 aliphatic heterocycles. The molecule has 0 saturated heterocycles. The van der Waals surface area contributed by atoms with Gasteiger partial charge in [0.25, 0.3) is 0 Å². The highest BCUT2D eigenvalue weighted by molar-refractivity contribution is 4.18. The lowest BCUT2D eigenvalue weighted by Crippen LogP contribution is -1.77. The lowest BCUT2D eigenvalue weighted by molar-refractivity contribution is 0.242. The van der Waals surface area contributed by atoms with Crippen LogP contribution in [-0.2, 0) is 4.74 Å². The van der Waals surface area contributed by atoms with Gasteiger partial charge in [-0.25, -0.2) is 0 Å². The van der Waals surface area contributed by atoms with Crippen LogP contribution in [0.25, 0.3) is 0 Å². The highest BCUT2D eigenvalue weighted by Gasteiger charge is 1.66. The molecule has 0 fully saturated rings. The molecular weight excluding hydrogens is 64.0 g/mol. The van der Waals surface area contributed by atoms with Crippen LogP contribution in [-0.4, -0.2) is 6.61 Å². The molecule has 1 heteroatoms. The Morgan fingerprint density at radius 1 is 1.80 bits per heavy atom. The van der Waals surface area contributed by atoms with Crippen molar-refractivity contribution in [2.45, 2.75) is 13.3 Å². The fourth-order valence-corrected chi connectivity index (χ4v) is 0.144. The molecule has 0 rings (SSSR count). The van der Waals surface area contributed by atoms with E-state index in [9.17, 15) is 0 Å². The van der Waals surface area contributed by atoms with E-state index < -0.39 is 0 Å². The van der Waals surface area contributed by atoms with Crippen LogP contribution in [0.2, 0.25) is 0 Å². The van der Waals surface area contributed by atoms with E-state index in [1.54, 1.807) is 0 Å². The van der Waals surface area contributed by atoms with Crippen molar-refractivity contribution < 1.29 is 4.74 Å². The predicted molar refractivity (Wildman–Crippen MR) is 21.6 cm³/mol. The van der Waals surface area contributed by atoms with Crippen LogP contribution in [0.3, 0.4) is 0 Å². The summed E-state index contributed by atoms with van der Waals surface area (Å²) in [7, 11) is 3.18. The van der Waals surface area contributed by atoms with Crippen molar-refractivity contribution in [1.82, 2.24) is 0 Å². The summed E-state index contributed by atoms with van der Waals surface area (Å²) in [5.74, 6) is 0. The first kappa shape index (κ1) is 4.96. The van der Waals surface area contributed by atoms with Gasteiger partial charge in [0.15, 0.2) is 0 Å². The Labute approximate surface area is 32.9 Å². The van der Waals surface area contributed by atoms with Crippen LogP contribution in [0, 0.1) is 7.11 Å². The Morgan fingerprint density at radius 3 is 2.40 bits per heavy atom. The Morgan fingerprint density at radius 2 is 2.40 bits per heavy atom. The molecular formula is C4H9O. The van der Waals surface area contributed by atoms with Crippen molar-refractivity contribution in [3.63, 3.8) is 0 Å². The largest absolute Gasteiger partial charge is 0.379 e. The zero-order valence-corrected chi connectivity index (χ0v) is 3.53. The third-order valence-electron chi connectivity index (χ3n) is 0.348. The molecule has 0 N–H and O–H groups in total. The van der Waals surface area contributed by atoms with E-state index in [-0.39, 0.29) is 0 Å². The molecule has 0 aliphatic rings. The summed E-state index contributed by atoms with van der Waals surface area (Å²) in [6.07, 6.45) is 1.06. The van der Waals surface area contributed by atoms with Gasteiger partial charge in [-0.1, -0.05) is 6.92 Å². The van der Waals surface area contributed by atoms with Gasteiger partial charge < -0.3 is 4.74 Å². The summed E-state index contributed by atoms with van der Waals surface area (Å²) < 4.78 is 4.44. The van der Waals surface area contributed by atoms with Crippen LogP contribution in [0.1, 0.15) is 13.3 Å². The third kappa shape index (κ3) is 3.96. The van der Waals surface area contributed by atoms with Gasteiger partial charge in [-0.3, -0.25) is 0 Å². The van der Waals surface area contributed by atoms with E-state index in [1.165, 1.54) is 0 Å². The second kappa shape index (κ2) is 3.96. The van der Waals surface area contributed by atoms with Crippen LogP contribution in [0.4, 0.5) is 0 Å². The second-order valence-electron chi connectivity index (χ2n) is 0.908. The molecule has 1 radical (unpaired) electrons. The minimum absolute atomic E-state index is 0.778. The Kier molecular flexibility index (Phi) is 3.93. The van der Waals surface area contributed by atoms with Gasteiger partial charge in [0, 0.05) is 6.61 Å². The maximum atomic E-state index is 4.44. The average Bonchev–Trinajstić information content (AvgIpc) is 1.41. The molecule has 0 aromatic carbocycles. The fourth-order valence-electron chi connectivity index (χ4n) is 0.144. The minimum Gasteiger partial charge on any atom is -0.379 e. The molecule has 0 saturated carbocycles. The first-order valence-electron chi connectivity index (χ1n) is 1.78. The summed E-state index contributed by atoms with van der Waals surface area (Å²) >= 11 is 0. The first-order chi connectivity index (χ1) is 2.41.